The van der Waals surface area contributed by atoms with Gasteiger partial charge in [0.2, 0.25) is 0 Å². The van der Waals surface area contributed by atoms with Gasteiger partial charge in [-0.1, -0.05) is 0 Å². The lowest BCUT2D eigenvalue weighted by molar-refractivity contribution is 0.102. The third kappa shape index (κ3) is 3.79. The van der Waals surface area contributed by atoms with Gasteiger partial charge < -0.3 is 10.6 Å². The second-order valence-electron chi connectivity index (χ2n) is 5.67. The molecule has 0 unspecified atom stereocenters. The summed E-state index contributed by atoms with van der Waals surface area (Å²) in [6, 6.07) is 4.42. The van der Waals surface area contributed by atoms with Crippen molar-refractivity contribution in [1.82, 2.24) is 15.5 Å². The predicted octanol–water partition coefficient (Wildman–Crippen LogP) is 1.83. The molecule has 18 heavy (non-hydrogen) atoms. The van der Waals surface area contributed by atoms with Crippen LogP contribution in [0.1, 0.15) is 23.6 Å². The quantitative estimate of drug-likeness (QED) is 0.852. The molecule has 0 amide bonds. The van der Waals surface area contributed by atoms with Gasteiger partial charge in [0, 0.05) is 54.6 Å². The minimum Gasteiger partial charge on any atom is -0.314 e. The fourth-order valence-corrected chi connectivity index (χ4v) is 3.31. The molecule has 102 valence electrons. The number of hydrogen-bond donors (Lipinski definition) is 2. The van der Waals surface area contributed by atoms with E-state index in [0.717, 1.165) is 39.3 Å². The molecular weight excluding hydrogens is 242 g/mol. The van der Waals surface area contributed by atoms with E-state index in [0.29, 0.717) is 0 Å². The summed E-state index contributed by atoms with van der Waals surface area (Å²) in [7, 11) is 0. The van der Waals surface area contributed by atoms with Crippen molar-refractivity contribution in [3.8, 4) is 0 Å². The Morgan fingerprint density at radius 2 is 2.06 bits per heavy atom. The van der Waals surface area contributed by atoms with E-state index in [1.807, 2.05) is 11.3 Å². The molecule has 1 aromatic heterocycles. The summed E-state index contributed by atoms with van der Waals surface area (Å²) in [5.74, 6) is 0. The lowest BCUT2D eigenvalue weighted by Crippen LogP contribution is -2.57. The summed E-state index contributed by atoms with van der Waals surface area (Å²) in [5, 5.41) is 7.01. The van der Waals surface area contributed by atoms with E-state index < -0.39 is 0 Å². The molecule has 0 atom stereocenters. The molecule has 0 radical (unpaired) electrons. The van der Waals surface area contributed by atoms with Crippen molar-refractivity contribution in [1.29, 1.82) is 0 Å². The molecule has 0 saturated carbocycles. The Morgan fingerprint density at radius 3 is 2.67 bits per heavy atom. The molecule has 0 aromatic carbocycles. The van der Waals surface area contributed by atoms with Gasteiger partial charge in [-0.15, -0.1) is 11.3 Å². The molecule has 2 heterocycles. The van der Waals surface area contributed by atoms with Gasteiger partial charge in [-0.2, -0.15) is 0 Å². The maximum Gasteiger partial charge on any atom is 0.0300 e. The van der Waals surface area contributed by atoms with E-state index >= 15 is 0 Å². The lowest BCUT2D eigenvalue weighted by atomic mass is 10.0. The predicted molar refractivity (Wildman–Crippen MR) is 79.3 cm³/mol. The molecule has 1 aliphatic rings. The van der Waals surface area contributed by atoms with E-state index in [1.54, 1.807) is 0 Å². The van der Waals surface area contributed by atoms with Crippen molar-refractivity contribution in [3.05, 3.63) is 21.9 Å². The third-order valence-electron chi connectivity index (χ3n) is 3.63. The van der Waals surface area contributed by atoms with Gasteiger partial charge in [-0.3, -0.25) is 4.90 Å². The van der Waals surface area contributed by atoms with Crippen molar-refractivity contribution in [3.63, 3.8) is 0 Å². The Balaban J connectivity index is 1.77. The van der Waals surface area contributed by atoms with Crippen LogP contribution in [0.5, 0.6) is 0 Å². The monoisotopic (exact) mass is 267 g/mol. The zero-order chi connectivity index (χ0) is 13.0. The number of hydrogen-bond acceptors (Lipinski definition) is 4. The van der Waals surface area contributed by atoms with Crippen LogP contribution in [0.3, 0.4) is 0 Å². The van der Waals surface area contributed by atoms with Crippen molar-refractivity contribution >= 4 is 11.3 Å². The van der Waals surface area contributed by atoms with Crippen molar-refractivity contribution in [2.24, 2.45) is 0 Å². The first-order valence-electron chi connectivity index (χ1n) is 6.80. The normalized spacial score (nSPS) is 18.2. The first-order valence-corrected chi connectivity index (χ1v) is 7.61. The van der Waals surface area contributed by atoms with E-state index in [2.05, 4.69) is 48.4 Å². The molecule has 4 heteroatoms. The molecule has 0 spiro atoms. The minimum atomic E-state index is 0.244. The van der Waals surface area contributed by atoms with Gasteiger partial charge in [-0.25, -0.2) is 0 Å². The van der Waals surface area contributed by atoms with Crippen LogP contribution in [0.15, 0.2) is 12.1 Å². The Kier molecular flexibility index (Phi) is 4.78. The molecule has 3 nitrogen and oxygen atoms in total. The van der Waals surface area contributed by atoms with Crippen LogP contribution in [0.25, 0.3) is 0 Å². The first-order chi connectivity index (χ1) is 8.58. The van der Waals surface area contributed by atoms with Crippen LogP contribution in [0.2, 0.25) is 0 Å². The number of piperazine rings is 1. The van der Waals surface area contributed by atoms with Crippen LogP contribution in [0, 0.1) is 6.92 Å². The van der Waals surface area contributed by atoms with Crippen LogP contribution in [-0.4, -0.2) is 43.2 Å². The molecule has 0 bridgehead atoms. The molecule has 1 aromatic rings. The number of nitrogens with zero attached hydrogens (tertiary/aromatic N) is 1. The Bertz CT molecular complexity index is 367. The van der Waals surface area contributed by atoms with Crippen molar-refractivity contribution < 1.29 is 0 Å². The maximum absolute atomic E-state index is 3.60. The zero-order valence-electron chi connectivity index (χ0n) is 11.8. The fourth-order valence-electron chi connectivity index (χ4n) is 2.45. The van der Waals surface area contributed by atoms with E-state index in [4.69, 9.17) is 0 Å². The summed E-state index contributed by atoms with van der Waals surface area (Å²) in [6.07, 6.45) is 0. The second-order valence-corrected chi connectivity index (χ2v) is 7.04. The number of nitrogens with one attached hydrogen (secondary N) is 2. The standard InChI is InChI=1S/C14H25N3S/c1-12-4-5-13(18-12)10-16-11-14(2,3)17-8-6-15-7-9-17/h4-5,15-16H,6-11H2,1-3H3. The average Bonchev–Trinajstić information content (AvgIpc) is 2.76. The highest BCUT2D eigenvalue weighted by Crippen LogP contribution is 2.16. The van der Waals surface area contributed by atoms with Crippen LogP contribution in [-0.2, 0) is 6.54 Å². The first kappa shape index (κ1) is 14.0. The zero-order valence-corrected chi connectivity index (χ0v) is 12.6. The molecule has 2 N–H and O–H groups in total. The highest BCUT2D eigenvalue weighted by molar-refractivity contribution is 7.11. The van der Waals surface area contributed by atoms with Gasteiger partial charge >= 0.3 is 0 Å². The Morgan fingerprint density at radius 1 is 1.33 bits per heavy atom. The van der Waals surface area contributed by atoms with Crippen LogP contribution in [0.4, 0.5) is 0 Å². The summed E-state index contributed by atoms with van der Waals surface area (Å²) in [4.78, 5) is 5.41. The van der Waals surface area contributed by atoms with Gasteiger partial charge in [0.25, 0.3) is 0 Å². The third-order valence-corrected chi connectivity index (χ3v) is 4.63. The van der Waals surface area contributed by atoms with E-state index in [1.165, 1.54) is 9.75 Å². The van der Waals surface area contributed by atoms with Gasteiger partial charge in [0.05, 0.1) is 0 Å². The van der Waals surface area contributed by atoms with E-state index in [9.17, 15) is 0 Å². The van der Waals surface area contributed by atoms with E-state index in [-0.39, 0.29) is 5.54 Å². The van der Waals surface area contributed by atoms with Gasteiger partial charge in [0.1, 0.15) is 0 Å². The topological polar surface area (TPSA) is 27.3 Å². The fraction of sp³-hybridized carbons (Fsp3) is 0.714. The van der Waals surface area contributed by atoms with Crippen LogP contribution >= 0.6 is 11.3 Å². The summed E-state index contributed by atoms with van der Waals surface area (Å²) in [5.41, 5.74) is 0.244. The second kappa shape index (κ2) is 6.15. The summed E-state index contributed by atoms with van der Waals surface area (Å²) < 4.78 is 0. The largest absolute Gasteiger partial charge is 0.314 e. The lowest BCUT2D eigenvalue weighted by Gasteiger charge is -2.41. The smallest absolute Gasteiger partial charge is 0.0300 e. The maximum atomic E-state index is 3.60. The molecule has 1 fully saturated rings. The van der Waals surface area contributed by atoms with Crippen molar-refractivity contribution in [2.75, 3.05) is 32.7 Å². The minimum absolute atomic E-state index is 0.244. The number of rotatable bonds is 5. The molecule has 0 aliphatic carbocycles. The van der Waals surface area contributed by atoms with Gasteiger partial charge in [-0.05, 0) is 32.9 Å². The number of aryl methyl sites for hydroxylation is 1. The average molecular weight is 267 g/mol. The summed E-state index contributed by atoms with van der Waals surface area (Å²) in [6.45, 7) is 13.4. The highest BCUT2D eigenvalue weighted by atomic mass is 32.1. The highest BCUT2D eigenvalue weighted by Gasteiger charge is 2.27. The van der Waals surface area contributed by atoms with Crippen LogP contribution < -0.4 is 10.6 Å². The number of thiophene rings is 1. The molecule has 1 aliphatic heterocycles. The molecular formula is C14H25N3S. The SMILES string of the molecule is Cc1ccc(CNCC(C)(C)N2CCNCC2)s1. The Hall–Kier alpha value is -0.420. The molecule has 1 saturated heterocycles. The summed E-state index contributed by atoms with van der Waals surface area (Å²) >= 11 is 1.89. The van der Waals surface area contributed by atoms with Crippen molar-refractivity contribution in [2.45, 2.75) is 32.9 Å². The Labute approximate surface area is 115 Å². The van der Waals surface area contributed by atoms with Gasteiger partial charge in [0.15, 0.2) is 0 Å². The molecule has 2 rings (SSSR count).